The van der Waals surface area contributed by atoms with Crippen molar-refractivity contribution in [3.8, 4) is 6.07 Å². The monoisotopic (exact) mass is 284 g/mol. The van der Waals surface area contributed by atoms with Gasteiger partial charge in [-0.2, -0.15) is 15.2 Å². The van der Waals surface area contributed by atoms with Crippen LogP contribution in [0.4, 0.5) is 11.5 Å². The van der Waals surface area contributed by atoms with Gasteiger partial charge in [0, 0.05) is 12.7 Å². The van der Waals surface area contributed by atoms with Crippen LogP contribution in [0.25, 0.3) is 11.2 Å². The van der Waals surface area contributed by atoms with Crippen molar-refractivity contribution in [1.82, 2.24) is 19.9 Å². The lowest BCUT2D eigenvalue weighted by atomic mass is 10.2. The van der Waals surface area contributed by atoms with Crippen molar-refractivity contribution in [1.29, 1.82) is 5.26 Å². The van der Waals surface area contributed by atoms with Gasteiger partial charge in [-0.3, -0.25) is 0 Å². The fourth-order valence-corrected chi connectivity index (χ4v) is 2.08. The van der Waals surface area contributed by atoms with Crippen LogP contribution >= 0.6 is 11.6 Å². The Morgan fingerprint density at radius 1 is 1.25 bits per heavy atom. The fraction of sp³-hybridized carbons (Fsp3) is 0.0769. The van der Waals surface area contributed by atoms with Gasteiger partial charge >= 0.3 is 0 Å². The standard InChI is InChI=1S/C13H9ClN6/c1-20(9-4-2-8(6-15)3-5-9)12-10-11(17-7-16-10)18-13(14)19-12/h2-5,7H,1H3,(H,16,17,18,19). The van der Waals surface area contributed by atoms with E-state index in [1.807, 2.05) is 24.1 Å². The van der Waals surface area contributed by atoms with Crippen LogP contribution in [0.3, 0.4) is 0 Å². The first-order valence-electron chi connectivity index (χ1n) is 5.79. The number of anilines is 2. The van der Waals surface area contributed by atoms with Crippen LogP contribution < -0.4 is 4.90 Å². The highest BCUT2D eigenvalue weighted by Crippen LogP contribution is 2.27. The summed E-state index contributed by atoms with van der Waals surface area (Å²) in [5, 5.41) is 8.96. The summed E-state index contributed by atoms with van der Waals surface area (Å²) in [5.41, 5.74) is 2.71. The van der Waals surface area contributed by atoms with E-state index < -0.39 is 0 Å². The van der Waals surface area contributed by atoms with Crippen molar-refractivity contribution in [3.05, 3.63) is 41.4 Å². The van der Waals surface area contributed by atoms with E-state index in [1.54, 1.807) is 18.5 Å². The van der Waals surface area contributed by atoms with Gasteiger partial charge in [-0.05, 0) is 35.9 Å². The Labute approximate surface area is 119 Å². The lowest BCUT2D eigenvalue weighted by Gasteiger charge is -2.18. The van der Waals surface area contributed by atoms with Gasteiger partial charge in [0.2, 0.25) is 5.28 Å². The van der Waals surface area contributed by atoms with Crippen LogP contribution in [0.2, 0.25) is 5.28 Å². The van der Waals surface area contributed by atoms with Crippen LogP contribution in [-0.2, 0) is 0 Å². The molecule has 2 heterocycles. The molecule has 20 heavy (non-hydrogen) atoms. The SMILES string of the molecule is CN(c1ccc(C#N)cc1)c1nc(Cl)nc2nc[nH]c12. The molecule has 0 fully saturated rings. The third kappa shape index (κ3) is 2.04. The molecule has 0 aliphatic rings. The zero-order valence-electron chi connectivity index (χ0n) is 10.5. The number of H-pyrrole nitrogens is 1. The highest BCUT2D eigenvalue weighted by molar-refractivity contribution is 6.28. The molecule has 0 radical (unpaired) electrons. The van der Waals surface area contributed by atoms with Gasteiger partial charge in [0.25, 0.3) is 0 Å². The van der Waals surface area contributed by atoms with Crippen molar-refractivity contribution in [3.63, 3.8) is 0 Å². The lowest BCUT2D eigenvalue weighted by molar-refractivity contribution is 1.10. The predicted molar refractivity (Wildman–Crippen MR) is 75.9 cm³/mol. The van der Waals surface area contributed by atoms with Gasteiger partial charge in [-0.1, -0.05) is 0 Å². The first kappa shape index (κ1) is 12.4. The largest absolute Gasteiger partial charge is 0.340 e. The first-order chi connectivity index (χ1) is 9.69. The molecular weight excluding hydrogens is 276 g/mol. The number of nitrogens with zero attached hydrogens (tertiary/aromatic N) is 5. The molecule has 0 aliphatic heterocycles. The number of aromatic amines is 1. The number of aromatic nitrogens is 4. The van der Waals surface area contributed by atoms with E-state index in [9.17, 15) is 0 Å². The molecular formula is C13H9ClN6. The highest BCUT2D eigenvalue weighted by Gasteiger charge is 2.14. The zero-order valence-corrected chi connectivity index (χ0v) is 11.3. The number of benzene rings is 1. The number of hydrogen-bond donors (Lipinski definition) is 1. The first-order valence-corrected chi connectivity index (χ1v) is 6.17. The van der Waals surface area contributed by atoms with E-state index in [0.29, 0.717) is 22.5 Å². The number of imidazole rings is 1. The third-order valence-corrected chi connectivity index (χ3v) is 3.11. The van der Waals surface area contributed by atoms with E-state index >= 15 is 0 Å². The quantitative estimate of drug-likeness (QED) is 0.732. The molecule has 2 aromatic heterocycles. The Morgan fingerprint density at radius 2 is 2.00 bits per heavy atom. The van der Waals surface area contributed by atoms with E-state index in [4.69, 9.17) is 16.9 Å². The number of nitriles is 1. The molecule has 3 aromatic rings. The third-order valence-electron chi connectivity index (χ3n) is 2.94. The molecule has 98 valence electrons. The predicted octanol–water partition coefficient (Wildman–Crippen LogP) is 2.65. The van der Waals surface area contributed by atoms with E-state index in [0.717, 1.165) is 5.69 Å². The molecule has 0 saturated carbocycles. The zero-order chi connectivity index (χ0) is 14.1. The molecule has 0 unspecified atom stereocenters. The molecule has 0 aliphatic carbocycles. The number of rotatable bonds is 2. The number of halogens is 1. The van der Waals surface area contributed by atoms with Crippen molar-refractivity contribution >= 4 is 34.3 Å². The maximum absolute atomic E-state index is 8.82. The van der Waals surface area contributed by atoms with Gasteiger partial charge in [0.05, 0.1) is 18.0 Å². The Morgan fingerprint density at radius 3 is 2.70 bits per heavy atom. The summed E-state index contributed by atoms with van der Waals surface area (Å²) in [4.78, 5) is 17.2. The van der Waals surface area contributed by atoms with Crippen molar-refractivity contribution in [2.75, 3.05) is 11.9 Å². The molecule has 0 atom stereocenters. The van der Waals surface area contributed by atoms with Crippen LogP contribution in [0.5, 0.6) is 0 Å². The Hall–Kier alpha value is -2.65. The van der Waals surface area contributed by atoms with Crippen LogP contribution in [-0.4, -0.2) is 27.0 Å². The molecule has 1 aromatic carbocycles. The van der Waals surface area contributed by atoms with Crippen molar-refractivity contribution < 1.29 is 0 Å². The summed E-state index contributed by atoms with van der Waals surface area (Å²) in [7, 11) is 1.86. The number of hydrogen-bond acceptors (Lipinski definition) is 5. The minimum Gasteiger partial charge on any atom is -0.340 e. The second-order valence-electron chi connectivity index (χ2n) is 4.14. The van der Waals surface area contributed by atoms with E-state index in [2.05, 4.69) is 26.0 Å². The van der Waals surface area contributed by atoms with E-state index in [1.165, 1.54) is 0 Å². The summed E-state index contributed by atoms with van der Waals surface area (Å²) in [6.07, 6.45) is 1.55. The summed E-state index contributed by atoms with van der Waals surface area (Å²) in [6, 6.07) is 9.27. The van der Waals surface area contributed by atoms with Gasteiger partial charge in [0.1, 0.15) is 5.52 Å². The number of fused-ring (bicyclic) bond motifs is 1. The van der Waals surface area contributed by atoms with Crippen molar-refractivity contribution in [2.24, 2.45) is 0 Å². The molecule has 0 saturated heterocycles. The normalized spacial score (nSPS) is 10.4. The Bertz CT molecular complexity index is 802. The van der Waals surface area contributed by atoms with Crippen LogP contribution in [0.1, 0.15) is 5.56 Å². The molecule has 1 N–H and O–H groups in total. The highest BCUT2D eigenvalue weighted by atomic mass is 35.5. The van der Waals surface area contributed by atoms with Gasteiger partial charge in [-0.15, -0.1) is 0 Å². The minimum atomic E-state index is 0.139. The van der Waals surface area contributed by atoms with Gasteiger partial charge < -0.3 is 9.88 Å². The maximum atomic E-state index is 8.82. The average Bonchev–Trinajstić information content (AvgIpc) is 2.94. The second kappa shape index (κ2) is 4.79. The van der Waals surface area contributed by atoms with Gasteiger partial charge in [0.15, 0.2) is 11.5 Å². The molecule has 3 rings (SSSR count). The Kier molecular flexibility index (Phi) is 2.97. The molecule has 0 bridgehead atoms. The Balaban J connectivity index is 2.09. The van der Waals surface area contributed by atoms with E-state index in [-0.39, 0.29) is 5.28 Å². The minimum absolute atomic E-state index is 0.139. The summed E-state index contributed by atoms with van der Waals surface area (Å²) in [5.74, 6) is 0.627. The molecule has 7 heteroatoms. The molecule has 0 amide bonds. The second-order valence-corrected chi connectivity index (χ2v) is 4.47. The topological polar surface area (TPSA) is 81.5 Å². The summed E-state index contributed by atoms with van der Waals surface area (Å²) < 4.78 is 0. The number of nitrogens with one attached hydrogen (secondary N) is 1. The average molecular weight is 285 g/mol. The lowest BCUT2D eigenvalue weighted by Crippen LogP contribution is -2.12. The fourth-order valence-electron chi connectivity index (χ4n) is 1.92. The maximum Gasteiger partial charge on any atom is 0.226 e. The molecule has 0 spiro atoms. The smallest absolute Gasteiger partial charge is 0.226 e. The van der Waals surface area contributed by atoms with Crippen LogP contribution in [0.15, 0.2) is 30.6 Å². The van der Waals surface area contributed by atoms with Gasteiger partial charge in [-0.25, -0.2) is 4.98 Å². The molecule has 6 nitrogen and oxygen atoms in total. The summed E-state index contributed by atoms with van der Waals surface area (Å²) >= 11 is 5.91. The van der Waals surface area contributed by atoms with Crippen molar-refractivity contribution in [2.45, 2.75) is 0 Å². The van der Waals surface area contributed by atoms with Crippen LogP contribution in [0, 0.1) is 11.3 Å². The summed E-state index contributed by atoms with van der Waals surface area (Å²) in [6.45, 7) is 0.